The standard InChI is InChI=1S/C20H30N2O2/c1-14(2)19-9-17(15(3)8-18(19)13-23)10-20(24)22(4)12-16-6-5-7-21-11-16/h5-8,11,14,17-19,23H,9-10,12-13H2,1-4H3. The SMILES string of the molecule is CC1=CC(CO)C(C(C)C)CC1CC(=O)N(C)Cc1cccnc1. The lowest BCUT2D eigenvalue weighted by atomic mass is 9.70. The van der Waals surface area contributed by atoms with Gasteiger partial charge in [0.05, 0.1) is 0 Å². The molecule has 132 valence electrons. The minimum atomic E-state index is 0.168. The third-order valence-corrected chi connectivity index (χ3v) is 5.28. The second-order valence-corrected chi connectivity index (χ2v) is 7.41. The van der Waals surface area contributed by atoms with Gasteiger partial charge in [0.2, 0.25) is 5.91 Å². The van der Waals surface area contributed by atoms with Gasteiger partial charge in [0.25, 0.3) is 0 Å². The van der Waals surface area contributed by atoms with Gasteiger partial charge in [0.15, 0.2) is 0 Å². The fraction of sp³-hybridized carbons (Fsp3) is 0.600. The van der Waals surface area contributed by atoms with E-state index >= 15 is 0 Å². The highest BCUT2D eigenvalue weighted by molar-refractivity contribution is 5.76. The van der Waals surface area contributed by atoms with Crippen LogP contribution >= 0.6 is 0 Å². The van der Waals surface area contributed by atoms with Crippen molar-refractivity contribution in [3.05, 3.63) is 41.7 Å². The van der Waals surface area contributed by atoms with Crippen molar-refractivity contribution in [1.82, 2.24) is 9.88 Å². The molecule has 0 spiro atoms. The van der Waals surface area contributed by atoms with Gasteiger partial charge in [-0.2, -0.15) is 0 Å². The van der Waals surface area contributed by atoms with E-state index < -0.39 is 0 Å². The van der Waals surface area contributed by atoms with Gasteiger partial charge >= 0.3 is 0 Å². The van der Waals surface area contributed by atoms with E-state index in [9.17, 15) is 9.90 Å². The smallest absolute Gasteiger partial charge is 0.223 e. The van der Waals surface area contributed by atoms with Crippen molar-refractivity contribution >= 4 is 5.91 Å². The minimum Gasteiger partial charge on any atom is -0.396 e. The first-order valence-corrected chi connectivity index (χ1v) is 8.84. The lowest BCUT2D eigenvalue weighted by Gasteiger charge is -2.36. The molecule has 1 heterocycles. The summed E-state index contributed by atoms with van der Waals surface area (Å²) in [6.45, 7) is 7.29. The summed E-state index contributed by atoms with van der Waals surface area (Å²) in [7, 11) is 1.85. The Morgan fingerprint density at radius 1 is 1.46 bits per heavy atom. The molecule has 0 fully saturated rings. The number of hydrogen-bond acceptors (Lipinski definition) is 3. The number of aliphatic hydroxyl groups excluding tert-OH is 1. The quantitative estimate of drug-likeness (QED) is 0.815. The Bertz CT molecular complexity index is 568. The third-order valence-electron chi connectivity index (χ3n) is 5.28. The molecule has 4 heteroatoms. The summed E-state index contributed by atoms with van der Waals surface area (Å²) in [4.78, 5) is 18.5. The molecule has 0 aromatic carbocycles. The molecule has 24 heavy (non-hydrogen) atoms. The molecule has 1 aromatic heterocycles. The van der Waals surface area contributed by atoms with E-state index in [4.69, 9.17) is 0 Å². The number of carbonyl (C=O) groups excluding carboxylic acids is 1. The molecular weight excluding hydrogens is 300 g/mol. The second-order valence-electron chi connectivity index (χ2n) is 7.41. The molecular formula is C20H30N2O2. The van der Waals surface area contributed by atoms with Crippen LogP contribution in [-0.2, 0) is 11.3 Å². The predicted molar refractivity (Wildman–Crippen MR) is 96.1 cm³/mol. The summed E-state index contributed by atoms with van der Waals surface area (Å²) < 4.78 is 0. The van der Waals surface area contributed by atoms with Crippen molar-refractivity contribution in [2.75, 3.05) is 13.7 Å². The van der Waals surface area contributed by atoms with Gasteiger partial charge in [-0.1, -0.05) is 31.6 Å². The Kier molecular flexibility index (Phi) is 6.55. The first kappa shape index (κ1) is 18.7. The third kappa shape index (κ3) is 4.67. The maximum atomic E-state index is 12.6. The van der Waals surface area contributed by atoms with E-state index in [0.29, 0.717) is 24.8 Å². The Hall–Kier alpha value is -1.68. The normalized spacial score (nSPS) is 23.9. The zero-order chi connectivity index (χ0) is 17.7. The Labute approximate surface area is 145 Å². The molecule has 0 saturated heterocycles. The van der Waals surface area contributed by atoms with Crippen LogP contribution in [0.2, 0.25) is 0 Å². The molecule has 0 bridgehead atoms. The number of hydrogen-bond donors (Lipinski definition) is 1. The number of aromatic nitrogens is 1. The van der Waals surface area contributed by atoms with E-state index in [1.807, 2.05) is 19.2 Å². The van der Waals surface area contributed by atoms with Crippen LogP contribution in [0.5, 0.6) is 0 Å². The molecule has 3 atom stereocenters. The van der Waals surface area contributed by atoms with E-state index in [0.717, 1.165) is 12.0 Å². The molecule has 1 aliphatic carbocycles. The topological polar surface area (TPSA) is 53.4 Å². The van der Waals surface area contributed by atoms with Gasteiger partial charge in [0.1, 0.15) is 0 Å². The van der Waals surface area contributed by atoms with Crippen molar-refractivity contribution in [2.45, 2.75) is 40.2 Å². The van der Waals surface area contributed by atoms with Crippen molar-refractivity contribution in [3.8, 4) is 0 Å². The summed E-state index contributed by atoms with van der Waals surface area (Å²) in [6, 6.07) is 3.88. The lowest BCUT2D eigenvalue weighted by Crippen LogP contribution is -2.33. The van der Waals surface area contributed by atoms with Crippen LogP contribution in [0.25, 0.3) is 0 Å². The largest absolute Gasteiger partial charge is 0.396 e. The van der Waals surface area contributed by atoms with Crippen LogP contribution in [-0.4, -0.2) is 34.6 Å². The first-order chi connectivity index (χ1) is 11.4. The number of carbonyl (C=O) groups is 1. The number of aliphatic hydroxyl groups is 1. The van der Waals surface area contributed by atoms with Gasteiger partial charge in [-0.05, 0) is 42.7 Å². The van der Waals surface area contributed by atoms with Crippen LogP contribution in [0.3, 0.4) is 0 Å². The summed E-state index contributed by atoms with van der Waals surface area (Å²) in [5.41, 5.74) is 2.29. The fourth-order valence-electron chi connectivity index (χ4n) is 3.71. The molecule has 1 aliphatic rings. The monoisotopic (exact) mass is 330 g/mol. The molecule has 0 aliphatic heterocycles. The maximum Gasteiger partial charge on any atom is 0.223 e. The number of rotatable bonds is 6. The molecule has 1 N–H and O–H groups in total. The van der Waals surface area contributed by atoms with Gasteiger partial charge in [-0.3, -0.25) is 9.78 Å². The first-order valence-electron chi connectivity index (χ1n) is 8.84. The van der Waals surface area contributed by atoms with Gasteiger partial charge < -0.3 is 10.0 Å². The van der Waals surface area contributed by atoms with Crippen molar-refractivity contribution in [2.24, 2.45) is 23.7 Å². The van der Waals surface area contributed by atoms with E-state index in [2.05, 4.69) is 31.8 Å². The van der Waals surface area contributed by atoms with Crippen molar-refractivity contribution in [1.29, 1.82) is 0 Å². The van der Waals surface area contributed by atoms with E-state index in [1.54, 1.807) is 17.3 Å². The summed E-state index contributed by atoms with van der Waals surface area (Å²) in [5, 5.41) is 9.62. The van der Waals surface area contributed by atoms with Gasteiger partial charge in [0, 0.05) is 44.9 Å². The Morgan fingerprint density at radius 3 is 2.79 bits per heavy atom. The molecule has 1 amide bonds. The average molecular weight is 330 g/mol. The molecule has 0 saturated carbocycles. The van der Waals surface area contributed by atoms with Crippen LogP contribution in [0.15, 0.2) is 36.2 Å². The van der Waals surface area contributed by atoms with Gasteiger partial charge in [-0.25, -0.2) is 0 Å². The Balaban J connectivity index is 2.00. The zero-order valence-electron chi connectivity index (χ0n) is 15.3. The van der Waals surface area contributed by atoms with Crippen molar-refractivity contribution < 1.29 is 9.90 Å². The summed E-state index contributed by atoms with van der Waals surface area (Å²) in [6.07, 6.45) is 7.26. The van der Waals surface area contributed by atoms with E-state index in [-0.39, 0.29) is 24.3 Å². The van der Waals surface area contributed by atoms with Crippen LogP contribution < -0.4 is 0 Å². The molecule has 1 aromatic rings. The molecule has 2 rings (SSSR count). The average Bonchev–Trinajstić information content (AvgIpc) is 2.56. The predicted octanol–water partition coefficient (Wildman–Crippen LogP) is 3.28. The number of pyridine rings is 1. The zero-order valence-corrected chi connectivity index (χ0v) is 15.3. The second kappa shape index (κ2) is 8.43. The molecule has 0 radical (unpaired) electrons. The van der Waals surface area contributed by atoms with Crippen LogP contribution in [0.4, 0.5) is 0 Å². The summed E-state index contributed by atoms with van der Waals surface area (Å²) in [5.74, 6) is 1.63. The highest BCUT2D eigenvalue weighted by Gasteiger charge is 2.32. The minimum absolute atomic E-state index is 0.168. The lowest BCUT2D eigenvalue weighted by molar-refractivity contribution is -0.131. The number of allylic oxidation sites excluding steroid dienone is 1. The van der Waals surface area contributed by atoms with Crippen molar-refractivity contribution in [3.63, 3.8) is 0 Å². The van der Waals surface area contributed by atoms with Crippen LogP contribution in [0.1, 0.15) is 39.2 Å². The Morgan fingerprint density at radius 2 is 2.21 bits per heavy atom. The molecule has 4 nitrogen and oxygen atoms in total. The van der Waals surface area contributed by atoms with Crippen LogP contribution in [0, 0.1) is 23.7 Å². The summed E-state index contributed by atoms with van der Waals surface area (Å²) >= 11 is 0. The highest BCUT2D eigenvalue weighted by Crippen LogP contribution is 2.38. The number of nitrogens with zero attached hydrogens (tertiary/aromatic N) is 2. The van der Waals surface area contributed by atoms with E-state index in [1.165, 1.54) is 5.57 Å². The maximum absolute atomic E-state index is 12.6. The van der Waals surface area contributed by atoms with Gasteiger partial charge in [-0.15, -0.1) is 0 Å². The number of amides is 1. The fourth-order valence-corrected chi connectivity index (χ4v) is 3.71. The highest BCUT2D eigenvalue weighted by atomic mass is 16.3. The molecule has 3 unspecified atom stereocenters.